The molecule has 0 atom stereocenters. The zero-order valence-electron chi connectivity index (χ0n) is 55.2. The SMILES string of the molecule is CC(=O)N(C)c1cc(N2CCN(S(C)(=O)=O)C(C)(C)C2)c2cn[nH]c2c1.CC(=O)Nc1cc(N2CCN(S(C)(=O)=O)C(C)(C)C2)c2cn[nH]c2c1.CC1(C)CN(c2cc(Cl)cc3c(N)noc23)CCN1S(C)(=O)=O.Clc1cc(N2CCC(c3nccs3)CC2)c2cn[nH]c2c1. The first-order valence-electron chi connectivity index (χ1n) is 30.7. The van der Waals surface area contributed by atoms with Gasteiger partial charge in [0.15, 0.2) is 11.4 Å². The van der Waals surface area contributed by atoms with E-state index in [1.54, 1.807) is 56.4 Å². The Morgan fingerprint density at radius 2 is 1.04 bits per heavy atom. The summed E-state index contributed by atoms with van der Waals surface area (Å²) in [6, 6.07) is 15.1. The Labute approximate surface area is 567 Å². The molecule has 0 unspecified atom stereocenters. The van der Waals surface area contributed by atoms with Crippen molar-refractivity contribution < 1.29 is 39.4 Å². The summed E-state index contributed by atoms with van der Waals surface area (Å²) in [5, 5.41) is 36.2. The molecule has 4 aliphatic rings. The molecule has 0 bridgehead atoms. The lowest BCUT2D eigenvalue weighted by Gasteiger charge is -2.46. The number of piperidine rings is 1. The highest BCUT2D eigenvalue weighted by Gasteiger charge is 2.43. The Morgan fingerprint density at radius 3 is 1.49 bits per heavy atom. The Bertz CT molecular complexity index is 4640. The fourth-order valence-corrected chi connectivity index (χ4v) is 18.8. The number of fused-ring (bicyclic) bond motifs is 4. The quantitative estimate of drug-likeness (QED) is 0.0854. The monoisotopic (exact) mass is 1420 g/mol. The molecule has 33 heteroatoms. The van der Waals surface area contributed by atoms with Crippen LogP contribution in [0.3, 0.4) is 0 Å². The van der Waals surface area contributed by atoms with E-state index in [9.17, 15) is 34.8 Å². The first-order valence-corrected chi connectivity index (χ1v) is 37.9. The largest absolute Gasteiger partial charge is 0.380 e. The summed E-state index contributed by atoms with van der Waals surface area (Å²) in [5.41, 5.74) is 12.7. The molecular weight excluding hydrogens is 1340 g/mol. The molecule has 9 aromatic rings. The number of H-pyrrole nitrogens is 3. The van der Waals surface area contributed by atoms with E-state index >= 15 is 0 Å². The van der Waals surface area contributed by atoms with E-state index < -0.39 is 46.7 Å². The Morgan fingerprint density at radius 1 is 0.600 bits per heavy atom. The number of sulfonamides is 3. The molecule has 95 heavy (non-hydrogen) atoms. The van der Waals surface area contributed by atoms with Crippen LogP contribution in [0.25, 0.3) is 43.7 Å². The van der Waals surface area contributed by atoms with Crippen molar-refractivity contribution >= 4 is 160 Å². The van der Waals surface area contributed by atoms with Crippen LogP contribution >= 0.6 is 34.5 Å². The fraction of sp³-hybridized carbons (Fsp3) is 0.468. The van der Waals surface area contributed by atoms with Crippen LogP contribution in [0.4, 0.5) is 39.9 Å². The lowest BCUT2D eigenvalue weighted by atomic mass is 9.97. The van der Waals surface area contributed by atoms with Gasteiger partial charge < -0.3 is 40.1 Å². The summed E-state index contributed by atoms with van der Waals surface area (Å²) in [6.07, 6.45) is 13.3. The van der Waals surface area contributed by atoms with Gasteiger partial charge in [-0.3, -0.25) is 24.9 Å². The highest BCUT2D eigenvalue weighted by Crippen LogP contribution is 2.40. The third-order valence-electron chi connectivity index (χ3n) is 17.6. The first kappa shape index (κ1) is 70.4. The number of piperazine rings is 3. The molecule has 13 rings (SSSR count). The second-order valence-electron chi connectivity index (χ2n) is 26.3. The minimum Gasteiger partial charge on any atom is -0.380 e. The van der Waals surface area contributed by atoms with Crippen molar-refractivity contribution in [3.05, 3.63) is 93.8 Å². The van der Waals surface area contributed by atoms with Crippen LogP contribution in [-0.2, 0) is 39.7 Å². The van der Waals surface area contributed by atoms with E-state index in [1.807, 2.05) is 90.3 Å². The minimum absolute atomic E-state index is 0.0583. The lowest BCUT2D eigenvalue weighted by Crippen LogP contribution is -2.60. The topological polar surface area (TPSA) is 325 Å². The number of halogens is 2. The van der Waals surface area contributed by atoms with Gasteiger partial charge in [-0.1, -0.05) is 28.4 Å². The molecular formula is C62H82Cl2N18O9S4. The van der Waals surface area contributed by atoms with Gasteiger partial charge in [0.1, 0.15) is 0 Å². The number of hydrogen-bond acceptors (Lipinski definition) is 20. The molecule has 0 spiro atoms. The molecule has 4 saturated heterocycles. The van der Waals surface area contributed by atoms with Crippen LogP contribution in [0.1, 0.15) is 79.2 Å². The number of carbonyl (C=O) groups is 2. The van der Waals surface area contributed by atoms with Crippen LogP contribution < -0.4 is 35.6 Å². The van der Waals surface area contributed by atoms with Crippen molar-refractivity contribution in [2.75, 3.05) is 133 Å². The normalized spacial score (nSPS) is 18.3. The van der Waals surface area contributed by atoms with E-state index in [2.05, 4.69) is 71.0 Å². The number of benzene rings is 4. The summed E-state index contributed by atoms with van der Waals surface area (Å²) in [4.78, 5) is 38.0. The van der Waals surface area contributed by atoms with E-state index in [0.717, 1.165) is 86.4 Å². The average molecular weight is 1420 g/mol. The van der Waals surface area contributed by atoms with E-state index in [4.69, 9.17) is 33.5 Å². The number of thiazole rings is 1. The highest BCUT2D eigenvalue weighted by molar-refractivity contribution is 7.88. The van der Waals surface area contributed by atoms with Gasteiger partial charge in [0.05, 0.1) is 70.0 Å². The van der Waals surface area contributed by atoms with Crippen molar-refractivity contribution in [2.45, 2.75) is 90.8 Å². The summed E-state index contributed by atoms with van der Waals surface area (Å²) in [5.74, 6) is 0.683. The number of nitrogens with one attached hydrogen (secondary N) is 4. The maximum atomic E-state index is 12.1. The summed E-state index contributed by atoms with van der Waals surface area (Å²) in [7, 11) is -8.06. The number of rotatable bonds is 10. The van der Waals surface area contributed by atoms with Crippen molar-refractivity contribution in [3.63, 3.8) is 0 Å². The molecule has 9 heterocycles. The molecule has 4 fully saturated rings. The molecule has 0 radical (unpaired) electrons. The number of anilines is 7. The van der Waals surface area contributed by atoms with Crippen LogP contribution in [-0.4, -0.2) is 205 Å². The number of aromatic nitrogens is 8. The summed E-state index contributed by atoms with van der Waals surface area (Å²) in [6.45, 7) is 21.0. The third kappa shape index (κ3) is 15.7. The van der Waals surface area contributed by atoms with Gasteiger partial charge >= 0.3 is 0 Å². The molecule has 2 amide bonds. The molecule has 0 aliphatic carbocycles. The molecule has 5 aromatic heterocycles. The number of nitrogens with zero attached hydrogens (tertiary/aromatic N) is 13. The van der Waals surface area contributed by atoms with Crippen molar-refractivity contribution in [3.8, 4) is 0 Å². The number of nitrogen functional groups attached to an aromatic ring is 1. The Hall–Kier alpha value is -7.36. The van der Waals surface area contributed by atoms with Crippen LogP contribution in [0, 0.1) is 0 Å². The van der Waals surface area contributed by atoms with Crippen LogP contribution in [0.2, 0.25) is 10.0 Å². The highest BCUT2D eigenvalue weighted by atomic mass is 35.5. The number of hydrogen-bond donors (Lipinski definition) is 5. The maximum Gasteiger partial charge on any atom is 0.223 e. The summed E-state index contributed by atoms with van der Waals surface area (Å²) >= 11 is 14.2. The van der Waals surface area contributed by atoms with Gasteiger partial charge in [-0.25, -0.2) is 30.2 Å². The fourth-order valence-electron chi connectivity index (χ4n) is 13.4. The molecule has 27 nitrogen and oxygen atoms in total. The van der Waals surface area contributed by atoms with Gasteiger partial charge in [-0.15, -0.1) is 11.3 Å². The molecule has 0 saturated carbocycles. The van der Waals surface area contributed by atoms with E-state index in [0.29, 0.717) is 86.5 Å². The number of nitrogens with two attached hydrogens (primary N) is 1. The van der Waals surface area contributed by atoms with Gasteiger partial charge in [-0.05, 0) is 103 Å². The zero-order valence-corrected chi connectivity index (χ0v) is 60.0. The number of aromatic amines is 3. The minimum atomic E-state index is -3.27. The van der Waals surface area contributed by atoms with Gasteiger partial charge in [-0.2, -0.15) is 28.2 Å². The number of carbonyl (C=O) groups excluding carboxylic acids is 2. The predicted molar refractivity (Wildman–Crippen MR) is 380 cm³/mol. The second-order valence-corrected chi connectivity index (χ2v) is 33.9. The van der Waals surface area contributed by atoms with Crippen molar-refractivity contribution in [1.82, 2.24) is 53.6 Å². The Kier molecular flexibility index (Phi) is 20.2. The lowest BCUT2D eigenvalue weighted by molar-refractivity contribution is -0.116. The molecule has 4 aromatic carbocycles. The van der Waals surface area contributed by atoms with Crippen LogP contribution in [0.15, 0.2) is 83.2 Å². The van der Waals surface area contributed by atoms with Gasteiger partial charge in [0.25, 0.3) is 0 Å². The smallest absolute Gasteiger partial charge is 0.223 e. The van der Waals surface area contributed by atoms with Gasteiger partial charge in [0, 0.05) is 182 Å². The predicted octanol–water partition coefficient (Wildman–Crippen LogP) is 8.77. The molecule has 512 valence electrons. The van der Waals surface area contributed by atoms with Crippen molar-refractivity contribution in [1.29, 1.82) is 0 Å². The van der Waals surface area contributed by atoms with Gasteiger partial charge in [0.2, 0.25) is 41.9 Å². The summed E-state index contributed by atoms with van der Waals surface area (Å²) < 4.78 is 82.1. The standard InChI is InChI=1S/C17H25N5O3S.C16H23N5O3S.C15H15ClN4S.C14H19ClN4O3S/c1-12(23)20(4)13-8-15-14(10-18-19-15)16(9-13)21-6-7-22(26(5,24)25)17(2,3)11-21;1-11(22)18-12-7-14-13(9-17-19-14)15(8-12)20-5-6-21(25(4,23)24)16(2,3)10-20;16-11-7-13-12(9-18-19-13)14(8-11)20-4-1-10(2-5-20)15-17-3-6-21-15;1-14(2)8-18(4-5-19(14)23(3,20)21)11-7-9(15)6-10-12(11)22-17-13(10)16/h8-10H,6-7,11H2,1-5H3,(H,18,19);7-9H,5-6,10H2,1-4H3,(H,17,19)(H,18,22);3,6-10H,1-2,4-5H2,(H,18,19);6-7H,4-5,8H2,1-3H3,(H2,16,17). The average Bonchev–Trinajstić information content (AvgIpc) is 1.75. The Balaban J connectivity index is 0.000000138. The van der Waals surface area contributed by atoms with E-state index in [-0.39, 0.29) is 17.6 Å². The molecule has 6 N–H and O–H groups in total. The zero-order chi connectivity index (χ0) is 68.9. The third-order valence-corrected chi connectivity index (χ3v) is 23.4. The number of amides is 2. The first-order chi connectivity index (χ1) is 44.5. The maximum absolute atomic E-state index is 12.1. The second kappa shape index (κ2) is 27.3. The van der Waals surface area contributed by atoms with E-state index in [1.165, 1.54) is 47.6 Å². The van der Waals surface area contributed by atoms with Crippen molar-refractivity contribution in [2.24, 2.45) is 0 Å². The molecule has 4 aliphatic heterocycles. The van der Waals surface area contributed by atoms with Crippen LogP contribution in [0.5, 0.6) is 0 Å².